The van der Waals surface area contributed by atoms with Crippen LogP contribution in [0.15, 0.2) is 97.2 Å². The molecule has 5 N–H and O–H groups in total. The second-order valence-corrected chi connectivity index (χ2v) is 11.7. The summed E-state index contributed by atoms with van der Waals surface area (Å²) >= 11 is 0. The summed E-state index contributed by atoms with van der Waals surface area (Å²) in [4.78, 5) is 27.0. The molecule has 1 heterocycles. The van der Waals surface area contributed by atoms with Crippen LogP contribution in [0.25, 0.3) is 21.9 Å². The van der Waals surface area contributed by atoms with Gasteiger partial charge in [-0.2, -0.15) is 26.3 Å². The SMILES string of the molecule is CCOc1cc(C(Nc2ccc3c(N)nccc3c2)C(=O)NCc2ccccc2-c2ccccc2C(F)(F)F)ccc1OC(C)C.O=C(O)C(F)(F)F. The molecule has 280 valence electrons. The summed E-state index contributed by atoms with van der Waals surface area (Å²) in [6.07, 6.45) is -8.10. The van der Waals surface area contributed by atoms with Crippen molar-refractivity contribution in [2.24, 2.45) is 0 Å². The van der Waals surface area contributed by atoms with E-state index < -0.39 is 35.8 Å². The van der Waals surface area contributed by atoms with Crippen LogP contribution in [0.5, 0.6) is 11.5 Å². The number of nitrogens with one attached hydrogen (secondary N) is 2. The molecule has 53 heavy (non-hydrogen) atoms. The number of hydrogen-bond acceptors (Lipinski definition) is 7. The first-order valence-corrected chi connectivity index (χ1v) is 16.2. The van der Waals surface area contributed by atoms with Gasteiger partial charge in [-0.25, -0.2) is 9.78 Å². The molecule has 0 spiro atoms. The number of carbonyl (C=O) groups is 2. The van der Waals surface area contributed by atoms with Crippen molar-refractivity contribution in [2.75, 3.05) is 17.7 Å². The van der Waals surface area contributed by atoms with Crippen molar-refractivity contribution in [3.05, 3.63) is 114 Å². The Labute approximate surface area is 300 Å². The summed E-state index contributed by atoms with van der Waals surface area (Å²) in [6, 6.07) is 23.9. The van der Waals surface area contributed by atoms with Crippen molar-refractivity contribution >= 4 is 34.2 Å². The van der Waals surface area contributed by atoms with Crippen molar-refractivity contribution < 1.29 is 50.5 Å². The first-order chi connectivity index (χ1) is 25.0. The number of nitrogens with two attached hydrogens (primary N) is 1. The number of alkyl halides is 6. The maximum Gasteiger partial charge on any atom is 0.490 e. The Hall–Kier alpha value is -5.99. The summed E-state index contributed by atoms with van der Waals surface area (Å²) in [5.74, 6) is -1.72. The normalized spacial score (nSPS) is 12.0. The summed E-state index contributed by atoms with van der Waals surface area (Å²) in [5, 5.41) is 15.0. The fraction of sp³-hybridized carbons (Fsp3) is 0.237. The van der Waals surface area contributed by atoms with E-state index in [1.54, 1.807) is 54.7 Å². The number of aliphatic carboxylic acids is 1. The number of hydrogen-bond donors (Lipinski definition) is 4. The van der Waals surface area contributed by atoms with Crippen LogP contribution in [0, 0.1) is 0 Å². The number of nitrogens with zero attached hydrogens (tertiary/aromatic N) is 1. The standard InChI is InChI=1S/C36H35F3N4O3.C2HF3O2/c1-4-45-32-20-24(13-16-31(32)46-22(2)3)33(43-26-14-15-28-23(19-26)17-18-41-34(28)40)35(44)42-21-25-9-5-6-10-27(25)29-11-7-8-12-30(29)36(37,38)39;3-2(4,5)1(6)7/h5-20,22,33,43H,4,21H2,1-3H3,(H2,40,41)(H,42,44);(H,6,7). The predicted octanol–water partition coefficient (Wildman–Crippen LogP) is 8.79. The van der Waals surface area contributed by atoms with Crippen LogP contribution in [0.4, 0.5) is 37.8 Å². The molecule has 0 radical (unpaired) electrons. The third-order valence-corrected chi connectivity index (χ3v) is 7.57. The molecular formula is C38H36F6N4O5. The first kappa shape index (κ1) is 39.8. The van der Waals surface area contributed by atoms with Gasteiger partial charge in [-0.05, 0) is 90.9 Å². The van der Waals surface area contributed by atoms with Crippen LogP contribution >= 0.6 is 0 Å². The van der Waals surface area contributed by atoms with E-state index in [-0.39, 0.29) is 18.2 Å². The van der Waals surface area contributed by atoms with Crippen molar-refractivity contribution in [2.45, 2.75) is 51.8 Å². The Kier molecular flexibility index (Phi) is 12.8. The highest BCUT2D eigenvalue weighted by atomic mass is 19.4. The number of pyridine rings is 1. The molecule has 1 unspecified atom stereocenters. The molecule has 1 atom stereocenters. The average molecular weight is 743 g/mol. The summed E-state index contributed by atoms with van der Waals surface area (Å²) in [5.41, 5.74) is 7.51. The van der Waals surface area contributed by atoms with Crippen LogP contribution < -0.4 is 25.8 Å². The molecule has 0 aliphatic heterocycles. The number of anilines is 2. The van der Waals surface area contributed by atoms with Gasteiger partial charge in [0.05, 0.1) is 18.3 Å². The summed E-state index contributed by atoms with van der Waals surface area (Å²) in [7, 11) is 0. The molecule has 1 amide bonds. The van der Waals surface area contributed by atoms with E-state index in [9.17, 15) is 31.1 Å². The molecule has 0 aliphatic rings. The maximum absolute atomic E-state index is 14.0. The Bertz CT molecular complexity index is 2050. The van der Waals surface area contributed by atoms with Gasteiger partial charge in [0.2, 0.25) is 5.91 Å². The number of halogens is 6. The molecule has 0 saturated heterocycles. The van der Waals surface area contributed by atoms with E-state index >= 15 is 0 Å². The molecule has 1 aromatic heterocycles. The molecule has 0 saturated carbocycles. The molecule has 5 rings (SSSR count). The Morgan fingerprint density at radius 2 is 1.53 bits per heavy atom. The van der Waals surface area contributed by atoms with Gasteiger partial charge in [-0.15, -0.1) is 0 Å². The highest BCUT2D eigenvalue weighted by molar-refractivity contribution is 5.94. The zero-order chi connectivity index (χ0) is 38.9. The van der Waals surface area contributed by atoms with Gasteiger partial charge in [-0.3, -0.25) is 4.79 Å². The minimum absolute atomic E-state index is 0.00778. The van der Waals surface area contributed by atoms with E-state index in [2.05, 4.69) is 15.6 Å². The van der Waals surface area contributed by atoms with Crippen LogP contribution in [-0.2, 0) is 22.3 Å². The highest BCUT2D eigenvalue weighted by Crippen LogP contribution is 2.38. The fourth-order valence-corrected chi connectivity index (χ4v) is 5.27. The Morgan fingerprint density at radius 1 is 0.868 bits per heavy atom. The van der Waals surface area contributed by atoms with E-state index in [0.29, 0.717) is 46.3 Å². The maximum atomic E-state index is 14.0. The molecule has 5 aromatic rings. The lowest BCUT2D eigenvalue weighted by atomic mass is 9.95. The largest absolute Gasteiger partial charge is 0.490 e. The number of carboxylic acid groups (broad SMARTS) is 1. The molecule has 9 nitrogen and oxygen atoms in total. The third-order valence-electron chi connectivity index (χ3n) is 7.57. The fourth-order valence-electron chi connectivity index (χ4n) is 5.27. The van der Waals surface area contributed by atoms with Gasteiger partial charge in [0.1, 0.15) is 11.9 Å². The molecule has 0 aliphatic carbocycles. The molecule has 15 heteroatoms. The minimum Gasteiger partial charge on any atom is -0.490 e. The number of carboxylic acids is 1. The van der Waals surface area contributed by atoms with E-state index in [1.807, 2.05) is 45.0 Å². The summed E-state index contributed by atoms with van der Waals surface area (Å²) < 4.78 is 85.2. The average Bonchev–Trinajstić information content (AvgIpc) is 3.10. The quantitative estimate of drug-likeness (QED) is 0.0987. The lowest BCUT2D eigenvalue weighted by Gasteiger charge is -2.23. The second kappa shape index (κ2) is 17.0. The van der Waals surface area contributed by atoms with Crippen molar-refractivity contribution in [3.8, 4) is 22.6 Å². The van der Waals surface area contributed by atoms with Gasteiger partial charge in [0.25, 0.3) is 0 Å². The minimum atomic E-state index is -5.08. The predicted molar refractivity (Wildman–Crippen MR) is 188 cm³/mol. The van der Waals surface area contributed by atoms with Crippen molar-refractivity contribution in [1.82, 2.24) is 10.3 Å². The number of benzene rings is 4. The van der Waals surface area contributed by atoms with Crippen LogP contribution in [0.2, 0.25) is 0 Å². The van der Waals surface area contributed by atoms with E-state index in [4.69, 9.17) is 25.1 Å². The monoisotopic (exact) mass is 742 g/mol. The van der Waals surface area contributed by atoms with Crippen molar-refractivity contribution in [3.63, 3.8) is 0 Å². The topological polar surface area (TPSA) is 136 Å². The number of rotatable bonds is 11. The number of ether oxygens (including phenoxy) is 2. The van der Waals surface area contributed by atoms with E-state index in [1.165, 1.54) is 12.1 Å². The number of aromatic nitrogens is 1. The van der Waals surface area contributed by atoms with E-state index in [0.717, 1.165) is 16.8 Å². The molecule has 0 bridgehead atoms. The molecule has 0 fully saturated rings. The second-order valence-electron chi connectivity index (χ2n) is 11.7. The van der Waals surface area contributed by atoms with Gasteiger partial charge in [-0.1, -0.05) is 48.5 Å². The molecule has 4 aromatic carbocycles. The molecular weight excluding hydrogens is 706 g/mol. The zero-order valence-corrected chi connectivity index (χ0v) is 28.7. The lowest BCUT2D eigenvalue weighted by molar-refractivity contribution is -0.192. The van der Waals surface area contributed by atoms with Gasteiger partial charge < -0.3 is 30.9 Å². The Morgan fingerprint density at radius 3 is 2.17 bits per heavy atom. The zero-order valence-electron chi connectivity index (χ0n) is 28.7. The van der Waals surface area contributed by atoms with Crippen LogP contribution in [0.3, 0.4) is 0 Å². The van der Waals surface area contributed by atoms with Gasteiger partial charge in [0.15, 0.2) is 11.5 Å². The first-order valence-electron chi connectivity index (χ1n) is 16.2. The number of carbonyl (C=O) groups excluding carboxylic acids is 1. The van der Waals surface area contributed by atoms with Crippen molar-refractivity contribution in [1.29, 1.82) is 0 Å². The lowest BCUT2D eigenvalue weighted by Crippen LogP contribution is -2.33. The van der Waals surface area contributed by atoms with Crippen LogP contribution in [-0.4, -0.2) is 40.9 Å². The third kappa shape index (κ3) is 10.5. The van der Waals surface area contributed by atoms with Crippen LogP contribution in [0.1, 0.15) is 43.5 Å². The number of fused-ring (bicyclic) bond motifs is 1. The number of amides is 1. The summed E-state index contributed by atoms with van der Waals surface area (Å²) in [6.45, 7) is 6.06. The van der Waals surface area contributed by atoms with Gasteiger partial charge >= 0.3 is 18.3 Å². The highest BCUT2D eigenvalue weighted by Gasteiger charge is 2.38. The van der Waals surface area contributed by atoms with Gasteiger partial charge in [0, 0.05) is 23.8 Å². The number of nitrogen functional groups attached to an aromatic ring is 1. The Balaban J connectivity index is 0.000000815. The smallest absolute Gasteiger partial charge is 0.490 e.